The van der Waals surface area contributed by atoms with E-state index in [0.717, 1.165) is 11.3 Å². The molecule has 0 aliphatic heterocycles. The van der Waals surface area contributed by atoms with Crippen molar-refractivity contribution in [2.75, 3.05) is 0 Å². The molecule has 0 spiro atoms. The van der Waals surface area contributed by atoms with Crippen LogP contribution in [0.1, 0.15) is 11.3 Å². The summed E-state index contributed by atoms with van der Waals surface area (Å²) < 4.78 is 0. The van der Waals surface area contributed by atoms with Crippen LogP contribution >= 0.6 is 0 Å². The van der Waals surface area contributed by atoms with Crippen LogP contribution in [0, 0.1) is 6.92 Å². The van der Waals surface area contributed by atoms with E-state index in [2.05, 4.69) is 16.6 Å². The Balaban J connectivity index is 2.87. The molecule has 0 N–H and O–H groups in total. The van der Waals surface area contributed by atoms with Crippen LogP contribution in [-0.4, -0.2) is 11.2 Å². The molecule has 0 bridgehead atoms. The molecule has 11 heavy (non-hydrogen) atoms. The van der Waals surface area contributed by atoms with Crippen molar-refractivity contribution < 1.29 is 0 Å². The molecule has 0 aromatic carbocycles. The lowest BCUT2D eigenvalue weighted by atomic mass is 10.2. The molecular formula is C9H10N2. The highest BCUT2D eigenvalue weighted by Gasteiger charge is 1.86. The van der Waals surface area contributed by atoms with Gasteiger partial charge in [-0.05, 0) is 24.6 Å². The summed E-state index contributed by atoms with van der Waals surface area (Å²) in [6.45, 7) is 5.43. The smallest absolute Gasteiger partial charge is 0.0379 e. The molecule has 2 heteroatoms. The van der Waals surface area contributed by atoms with Crippen molar-refractivity contribution in [3.05, 3.63) is 42.4 Å². The molecule has 0 unspecified atom stereocenters. The molecule has 0 fully saturated rings. The number of hydrogen-bond acceptors (Lipinski definition) is 2. The largest absolute Gasteiger partial charge is 0.265 e. The van der Waals surface area contributed by atoms with E-state index < -0.39 is 0 Å². The average molecular weight is 146 g/mol. The number of aromatic nitrogens is 1. The normalized spacial score (nSPS) is 10.3. The van der Waals surface area contributed by atoms with E-state index >= 15 is 0 Å². The molecular weight excluding hydrogens is 136 g/mol. The summed E-state index contributed by atoms with van der Waals surface area (Å²) in [4.78, 5) is 7.95. The first kappa shape index (κ1) is 7.66. The van der Waals surface area contributed by atoms with Crippen LogP contribution < -0.4 is 0 Å². The van der Waals surface area contributed by atoms with Gasteiger partial charge in [-0.1, -0.05) is 6.58 Å². The highest BCUT2D eigenvalue weighted by atomic mass is 14.7. The van der Waals surface area contributed by atoms with E-state index in [1.54, 1.807) is 12.4 Å². The van der Waals surface area contributed by atoms with Gasteiger partial charge in [-0.2, -0.15) is 0 Å². The SMILES string of the molecule is C=CN=Cc1ccnc(C)c1. The fraction of sp³-hybridized carbons (Fsp3) is 0.111. The Bertz CT molecular complexity index is 277. The van der Waals surface area contributed by atoms with Crippen LogP contribution in [-0.2, 0) is 0 Å². The Labute approximate surface area is 66.3 Å². The van der Waals surface area contributed by atoms with Crippen molar-refractivity contribution in [2.45, 2.75) is 6.92 Å². The molecule has 0 atom stereocenters. The molecule has 2 nitrogen and oxygen atoms in total. The van der Waals surface area contributed by atoms with Crippen molar-refractivity contribution in [2.24, 2.45) is 4.99 Å². The first-order chi connectivity index (χ1) is 5.33. The Morgan fingerprint density at radius 1 is 1.64 bits per heavy atom. The van der Waals surface area contributed by atoms with Crippen molar-refractivity contribution in [3.8, 4) is 0 Å². The number of aliphatic imine (C=N–C) groups is 1. The van der Waals surface area contributed by atoms with E-state index in [4.69, 9.17) is 0 Å². The topological polar surface area (TPSA) is 25.2 Å². The molecule has 0 aliphatic rings. The summed E-state index contributed by atoms with van der Waals surface area (Å²) in [5, 5.41) is 0. The zero-order valence-electron chi connectivity index (χ0n) is 6.49. The summed E-state index contributed by atoms with van der Waals surface area (Å²) >= 11 is 0. The van der Waals surface area contributed by atoms with E-state index in [0.29, 0.717) is 0 Å². The zero-order chi connectivity index (χ0) is 8.10. The monoisotopic (exact) mass is 146 g/mol. The molecule has 0 saturated heterocycles. The zero-order valence-corrected chi connectivity index (χ0v) is 6.49. The van der Waals surface area contributed by atoms with Crippen LogP contribution in [0.3, 0.4) is 0 Å². The summed E-state index contributed by atoms with van der Waals surface area (Å²) in [7, 11) is 0. The van der Waals surface area contributed by atoms with Gasteiger partial charge in [0, 0.05) is 24.3 Å². The van der Waals surface area contributed by atoms with E-state index in [9.17, 15) is 0 Å². The molecule has 1 aromatic rings. The first-order valence-electron chi connectivity index (χ1n) is 3.39. The van der Waals surface area contributed by atoms with Crippen molar-refractivity contribution in [3.63, 3.8) is 0 Å². The average Bonchev–Trinajstić information content (AvgIpc) is 2.01. The van der Waals surface area contributed by atoms with Gasteiger partial charge in [0.25, 0.3) is 0 Å². The second-order valence-corrected chi connectivity index (χ2v) is 2.19. The fourth-order valence-corrected chi connectivity index (χ4v) is 0.787. The predicted octanol–water partition coefficient (Wildman–Crippen LogP) is 1.95. The number of pyridine rings is 1. The molecule has 0 radical (unpaired) electrons. The van der Waals surface area contributed by atoms with Crippen LogP contribution in [0.5, 0.6) is 0 Å². The quantitative estimate of drug-likeness (QED) is 0.585. The van der Waals surface area contributed by atoms with Crippen LogP contribution in [0.25, 0.3) is 0 Å². The van der Waals surface area contributed by atoms with Crippen LogP contribution in [0.4, 0.5) is 0 Å². The molecule has 56 valence electrons. The lowest BCUT2D eigenvalue weighted by Crippen LogP contribution is -1.84. The third-order valence-corrected chi connectivity index (χ3v) is 1.25. The van der Waals surface area contributed by atoms with E-state index in [-0.39, 0.29) is 0 Å². The highest BCUT2D eigenvalue weighted by Crippen LogP contribution is 1.96. The highest BCUT2D eigenvalue weighted by molar-refractivity contribution is 5.79. The number of rotatable bonds is 2. The van der Waals surface area contributed by atoms with Gasteiger partial charge in [-0.25, -0.2) is 0 Å². The van der Waals surface area contributed by atoms with Gasteiger partial charge in [-0.15, -0.1) is 0 Å². The lowest BCUT2D eigenvalue weighted by Gasteiger charge is -1.92. The van der Waals surface area contributed by atoms with E-state index in [1.165, 1.54) is 6.20 Å². The van der Waals surface area contributed by atoms with Gasteiger partial charge < -0.3 is 0 Å². The molecule has 0 amide bonds. The number of hydrogen-bond donors (Lipinski definition) is 0. The maximum absolute atomic E-state index is 4.06. The predicted molar refractivity (Wildman–Crippen MR) is 46.8 cm³/mol. The standard InChI is InChI=1S/C9H10N2/c1-3-10-7-9-4-5-11-8(2)6-9/h3-7H,1H2,2H3. The Hall–Kier alpha value is -1.44. The third kappa shape index (κ3) is 2.34. The van der Waals surface area contributed by atoms with Crippen LogP contribution in [0.15, 0.2) is 36.1 Å². The van der Waals surface area contributed by atoms with Gasteiger partial charge in [-0.3, -0.25) is 9.98 Å². The molecule has 1 rings (SSSR count). The molecule has 1 aromatic heterocycles. The van der Waals surface area contributed by atoms with E-state index in [1.807, 2.05) is 19.1 Å². The molecule has 0 aliphatic carbocycles. The first-order valence-corrected chi connectivity index (χ1v) is 3.39. The summed E-state index contributed by atoms with van der Waals surface area (Å²) in [5.41, 5.74) is 2.05. The van der Waals surface area contributed by atoms with Gasteiger partial charge in [0.1, 0.15) is 0 Å². The van der Waals surface area contributed by atoms with Gasteiger partial charge in [0.15, 0.2) is 0 Å². The molecule has 1 heterocycles. The summed E-state index contributed by atoms with van der Waals surface area (Å²) in [6, 6.07) is 3.87. The maximum Gasteiger partial charge on any atom is 0.0379 e. The summed E-state index contributed by atoms with van der Waals surface area (Å²) in [5.74, 6) is 0. The van der Waals surface area contributed by atoms with Crippen molar-refractivity contribution >= 4 is 6.21 Å². The second-order valence-electron chi connectivity index (χ2n) is 2.19. The minimum Gasteiger partial charge on any atom is -0.265 e. The van der Waals surface area contributed by atoms with Crippen molar-refractivity contribution in [1.82, 2.24) is 4.98 Å². The second kappa shape index (κ2) is 3.66. The fourth-order valence-electron chi connectivity index (χ4n) is 0.787. The molecule has 0 saturated carbocycles. The maximum atomic E-state index is 4.06. The third-order valence-electron chi connectivity index (χ3n) is 1.25. The van der Waals surface area contributed by atoms with Crippen LogP contribution in [0.2, 0.25) is 0 Å². The Kier molecular flexibility index (Phi) is 2.55. The van der Waals surface area contributed by atoms with Gasteiger partial charge in [0.2, 0.25) is 0 Å². The minimum absolute atomic E-state index is 0.998. The number of aryl methyl sites for hydroxylation is 1. The van der Waals surface area contributed by atoms with Gasteiger partial charge in [0.05, 0.1) is 0 Å². The van der Waals surface area contributed by atoms with Gasteiger partial charge >= 0.3 is 0 Å². The Morgan fingerprint density at radius 3 is 3.09 bits per heavy atom. The minimum atomic E-state index is 0.998. The Morgan fingerprint density at radius 2 is 2.45 bits per heavy atom. The number of nitrogens with zero attached hydrogens (tertiary/aromatic N) is 2. The summed E-state index contributed by atoms with van der Waals surface area (Å²) in [6.07, 6.45) is 5.03. The lowest BCUT2D eigenvalue weighted by molar-refractivity contribution is 1.20. The van der Waals surface area contributed by atoms with Crippen molar-refractivity contribution in [1.29, 1.82) is 0 Å².